The second-order valence-corrected chi connectivity index (χ2v) is 4.60. The van der Waals surface area contributed by atoms with Crippen molar-refractivity contribution in [3.8, 4) is 0 Å². The van der Waals surface area contributed by atoms with Crippen LogP contribution in [0, 0.1) is 5.82 Å². The van der Waals surface area contributed by atoms with Crippen molar-refractivity contribution < 1.29 is 4.39 Å². The average molecular weight is 238 g/mol. The Morgan fingerprint density at radius 1 is 1.35 bits per heavy atom. The summed E-state index contributed by atoms with van der Waals surface area (Å²) in [5.41, 5.74) is 7.42. The van der Waals surface area contributed by atoms with E-state index in [0.717, 1.165) is 30.5 Å². The lowest BCUT2D eigenvalue weighted by Crippen LogP contribution is -2.28. The van der Waals surface area contributed by atoms with Crippen LogP contribution in [0.25, 0.3) is 0 Å². The number of nitrogens with two attached hydrogens (primary N) is 1. The molecule has 0 aliphatic rings. The molecule has 0 fully saturated rings. The first-order chi connectivity index (χ1) is 8.08. The molecule has 0 spiro atoms. The summed E-state index contributed by atoms with van der Waals surface area (Å²) in [7, 11) is 2.02. The van der Waals surface area contributed by atoms with E-state index in [4.69, 9.17) is 5.73 Å². The molecule has 0 aliphatic heterocycles. The van der Waals surface area contributed by atoms with Crippen LogP contribution in [0.2, 0.25) is 0 Å². The monoisotopic (exact) mass is 238 g/mol. The highest BCUT2D eigenvalue weighted by atomic mass is 19.1. The van der Waals surface area contributed by atoms with Crippen LogP contribution in [0.15, 0.2) is 18.2 Å². The normalized spacial score (nSPS) is 12.5. The summed E-state index contributed by atoms with van der Waals surface area (Å²) in [6.07, 6.45) is 2.97. The molecule has 1 aromatic rings. The lowest BCUT2D eigenvalue weighted by molar-refractivity contribution is 0.604. The minimum atomic E-state index is -0.179. The highest BCUT2D eigenvalue weighted by Crippen LogP contribution is 2.21. The minimum absolute atomic E-state index is 0.179. The van der Waals surface area contributed by atoms with E-state index in [1.807, 2.05) is 13.1 Å². The van der Waals surface area contributed by atoms with Gasteiger partial charge in [0.2, 0.25) is 0 Å². The van der Waals surface area contributed by atoms with E-state index in [-0.39, 0.29) is 5.82 Å². The molecule has 0 bridgehead atoms. The first kappa shape index (κ1) is 14.0. The van der Waals surface area contributed by atoms with Gasteiger partial charge in [-0.15, -0.1) is 0 Å². The van der Waals surface area contributed by atoms with Crippen molar-refractivity contribution in [3.05, 3.63) is 29.6 Å². The Kier molecular flexibility index (Phi) is 5.42. The van der Waals surface area contributed by atoms with Crippen molar-refractivity contribution in [3.63, 3.8) is 0 Å². The Morgan fingerprint density at radius 2 is 2.06 bits per heavy atom. The second kappa shape index (κ2) is 6.60. The zero-order valence-electron chi connectivity index (χ0n) is 11.0. The zero-order valence-corrected chi connectivity index (χ0v) is 11.0. The Hall–Kier alpha value is -1.09. The number of halogens is 1. The molecule has 96 valence electrons. The number of rotatable bonds is 6. The van der Waals surface area contributed by atoms with Gasteiger partial charge in [0.15, 0.2) is 0 Å². The fourth-order valence-corrected chi connectivity index (χ4v) is 2.01. The number of hydrogen-bond donors (Lipinski definition) is 1. The standard InChI is InChI=1S/C14H23FN2/c1-4-5-11(2)17(3)14-9-12(6-7-16)8-13(15)10-14/h8-11H,4-7,16H2,1-3H3. The fourth-order valence-electron chi connectivity index (χ4n) is 2.01. The molecule has 17 heavy (non-hydrogen) atoms. The number of anilines is 1. The van der Waals surface area contributed by atoms with Gasteiger partial charge in [0.25, 0.3) is 0 Å². The highest BCUT2D eigenvalue weighted by molar-refractivity contribution is 5.49. The van der Waals surface area contributed by atoms with Crippen molar-refractivity contribution in [1.82, 2.24) is 0 Å². The predicted octanol–water partition coefficient (Wildman–Crippen LogP) is 2.95. The van der Waals surface area contributed by atoms with Crippen LogP contribution in [-0.4, -0.2) is 19.6 Å². The molecule has 0 saturated heterocycles. The predicted molar refractivity (Wildman–Crippen MR) is 71.9 cm³/mol. The Bertz CT molecular complexity index is 352. The van der Waals surface area contributed by atoms with Gasteiger partial charge in [-0.05, 0) is 50.1 Å². The van der Waals surface area contributed by atoms with Gasteiger partial charge in [0, 0.05) is 18.8 Å². The fraction of sp³-hybridized carbons (Fsp3) is 0.571. The second-order valence-electron chi connectivity index (χ2n) is 4.60. The molecule has 0 aromatic heterocycles. The molecule has 3 heteroatoms. The van der Waals surface area contributed by atoms with E-state index < -0.39 is 0 Å². The average Bonchev–Trinajstić information content (AvgIpc) is 2.28. The molecule has 2 nitrogen and oxygen atoms in total. The first-order valence-corrected chi connectivity index (χ1v) is 6.30. The summed E-state index contributed by atoms with van der Waals surface area (Å²) in [5, 5.41) is 0. The molecule has 1 rings (SSSR count). The smallest absolute Gasteiger partial charge is 0.125 e. The van der Waals surface area contributed by atoms with Crippen molar-refractivity contribution in [2.75, 3.05) is 18.5 Å². The largest absolute Gasteiger partial charge is 0.372 e. The molecule has 0 amide bonds. The van der Waals surface area contributed by atoms with Crippen LogP contribution in [0.5, 0.6) is 0 Å². The molecule has 0 aliphatic carbocycles. The van der Waals surface area contributed by atoms with Crippen molar-refractivity contribution in [2.45, 2.75) is 39.2 Å². The van der Waals surface area contributed by atoms with Crippen LogP contribution < -0.4 is 10.6 Å². The molecule has 1 unspecified atom stereocenters. The highest BCUT2D eigenvalue weighted by Gasteiger charge is 2.10. The van der Waals surface area contributed by atoms with Crippen LogP contribution in [0.4, 0.5) is 10.1 Å². The summed E-state index contributed by atoms with van der Waals surface area (Å²) < 4.78 is 13.5. The molecular formula is C14H23FN2. The third-order valence-corrected chi connectivity index (χ3v) is 3.15. The summed E-state index contributed by atoms with van der Waals surface area (Å²) in [6.45, 7) is 4.88. The Balaban J connectivity index is 2.88. The van der Waals surface area contributed by atoms with Gasteiger partial charge in [0.1, 0.15) is 5.82 Å². The SMILES string of the molecule is CCCC(C)N(C)c1cc(F)cc(CCN)c1. The topological polar surface area (TPSA) is 29.3 Å². The molecule has 0 radical (unpaired) electrons. The number of benzene rings is 1. The maximum Gasteiger partial charge on any atom is 0.125 e. The van der Waals surface area contributed by atoms with E-state index in [1.54, 1.807) is 12.1 Å². The van der Waals surface area contributed by atoms with E-state index in [2.05, 4.69) is 18.7 Å². The summed E-state index contributed by atoms with van der Waals surface area (Å²) in [4.78, 5) is 2.13. The van der Waals surface area contributed by atoms with Crippen LogP contribution in [0.1, 0.15) is 32.3 Å². The quantitative estimate of drug-likeness (QED) is 0.825. The summed E-state index contributed by atoms with van der Waals surface area (Å²) in [5.74, 6) is -0.179. The first-order valence-electron chi connectivity index (χ1n) is 6.30. The van der Waals surface area contributed by atoms with Crippen LogP contribution >= 0.6 is 0 Å². The molecule has 1 atom stereocenters. The van der Waals surface area contributed by atoms with E-state index >= 15 is 0 Å². The van der Waals surface area contributed by atoms with Crippen molar-refractivity contribution >= 4 is 5.69 Å². The molecular weight excluding hydrogens is 215 g/mol. The Labute approximate surface area is 104 Å². The maximum atomic E-state index is 13.5. The maximum absolute atomic E-state index is 13.5. The van der Waals surface area contributed by atoms with Gasteiger partial charge in [-0.3, -0.25) is 0 Å². The molecule has 0 heterocycles. The minimum Gasteiger partial charge on any atom is -0.372 e. The third-order valence-electron chi connectivity index (χ3n) is 3.15. The molecule has 1 aromatic carbocycles. The molecule has 0 saturated carbocycles. The zero-order chi connectivity index (χ0) is 12.8. The summed E-state index contributed by atoms with van der Waals surface area (Å²) in [6, 6.07) is 5.61. The van der Waals surface area contributed by atoms with Crippen LogP contribution in [0.3, 0.4) is 0 Å². The van der Waals surface area contributed by atoms with Gasteiger partial charge in [-0.2, -0.15) is 0 Å². The van der Waals surface area contributed by atoms with Gasteiger partial charge >= 0.3 is 0 Å². The van der Waals surface area contributed by atoms with Gasteiger partial charge in [-0.1, -0.05) is 13.3 Å². The van der Waals surface area contributed by atoms with Crippen LogP contribution in [-0.2, 0) is 6.42 Å². The number of nitrogens with zero attached hydrogens (tertiary/aromatic N) is 1. The number of hydrogen-bond acceptors (Lipinski definition) is 2. The lowest BCUT2D eigenvalue weighted by atomic mass is 10.1. The van der Waals surface area contributed by atoms with Gasteiger partial charge in [-0.25, -0.2) is 4.39 Å². The lowest BCUT2D eigenvalue weighted by Gasteiger charge is -2.27. The van der Waals surface area contributed by atoms with Gasteiger partial charge < -0.3 is 10.6 Å². The van der Waals surface area contributed by atoms with Crippen molar-refractivity contribution in [2.24, 2.45) is 5.73 Å². The van der Waals surface area contributed by atoms with Gasteiger partial charge in [0.05, 0.1) is 0 Å². The summed E-state index contributed by atoms with van der Waals surface area (Å²) >= 11 is 0. The third kappa shape index (κ3) is 4.00. The van der Waals surface area contributed by atoms with Crippen molar-refractivity contribution in [1.29, 1.82) is 0 Å². The Morgan fingerprint density at radius 3 is 2.65 bits per heavy atom. The van der Waals surface area contributed by atoms with E-state index in [1.165, 1.54) is 0 Å². The van der Waals surface area contributed by atoms with E-state index in [9.17, 15) is 4.39 Å². The molecule has 2 N–H and O–H groups in total. The van der Waals surface area contributed by atoms with E-state index in [0.29, 0.717) is 12.6 Å².